The Labute approximate surface area is 302 Å². The van der Waals surface area contributed by atoms with Crippen LogP contribution < -0.4 is 0 Å². The average molecular weight is 677 g/mol. The third-order valence-electron chi connectivity index (χ3n) is 11.1. The predicted molar refractivity (Wildman–Crippen MR) is 220 cm³/mol. The third kappa shape index (κ3) is 3.99. The topological polar surface area (TPSA) is 39.4 Å². The van der Waals surface area contributed by atoms with Crippen LogP contribution in [0.1, 0.15) is 0 Å². The quantitative estimate of drug-likeness (QED) is 0.175. The number of fused-ring (bicyclic) bond motifs is 12. The summed E-state index contributed by atoms with van der Waals surface area (Å²) in [5.41, 5.74) is 9.95. The fourth-order valence-corrected chi connectivity index (χ4v) is 8.80. The zero-order valence-electron chi connectivity index (χ0n) is 28.4. The maximum atomic E-state index is 7.11. The highest BCUT2D eigenvalue weighted by Gasteiger charge is 2.26. The summed E-state index contributed by atoms with van der Waals surface area (Å²) < 4.78 is 20.0. The van der Waals surface area contributed by atoms with Crippen molar-refractivity contribution in [1.82, 2.24) is 0 Å². The van der Waals surface area contributed by atoms with Crippen LogP contribution in [0.15, 0.2) is 183 Å². The number of furan rings is 3. The van der Waals surface area contributed by atoms with Crippen LogP contribution in [0, 0.1) is 0 Å². The highest BCUT2D eigenvalue weighted by atomic mass is 16.3. The van der Waals surface area contributed by atoms with Gasteiger partial charge in [0.25, 0.3) is 0 Å². The van der Waals surface area contributed by atoms with Gasteiger partial charge in [-0.1, -0.05) is 133 Å². The Balaban J connectivity index is 1.21. The summed E-state index contributed by atoms with van der Waals surface area (Å²) >= 11 is 0. The van der Waals surface area contributed by atoms with E-state index < -0.39 is 0 Å². The molecule has 0 radical (unpaired) electrons. The van der Waals surface area contributed by atoms with E-state index in [1.165, 1.54) is 5.56 Å². The molecule has 0 saturated carbocycles. The molecule has 3 aromatic heterocycles. The van der Waals surface area contributed by atoms with Crippen LogP contribution in [0.4, 0.5) is 0 Å². The van der Waals surface area contributed by atoms with Crippen molar-refractivity contribution in [3.05, 3.63) is 170 Å². The highest BCUT2D eigenvalue weighted by Crippen LogP contribution is 2.51. The monoisotopic (exact) mass is 676 g/mol. The first-order valence-corrected chi connectivity index (χ1v) is 18.0. The SMILES string of the molecule is c1ccc(-c2c(-c3c4ccccc4c(-c4ccc5ccc6c7ccccc7oc6c5c4)c4ccccc34)oc3ccc4oc5ccccc5c4c23)cc1. The molecule has 53 heavy (non-hydrogen) atoms. The van der Waals surface area contributed by atoms with Gasteiger partial charge in [-0.3, -0.25) is 0 Å². The highest BCUT2D eigenvalue weighted by molar-refractivity contribution is 6.28. The summed E-state index contributed by atoms with van der Waals surface area (Å²) in [6.45, 7) is 0. The molecular weight excluding hydrogens is 649 g/mol. The molecule has 0 aliphatic rings. The average Bonchev–Trinajstić information content (AvgIpc) is 3.91. The van der Waals surface area contributed by atoms with Gasteiger partial charge in [-0.2, -0.15) is 0 Å². The predicted octanol–water partition coefficient (Wildman–Crippen LogP) is 14.7. The molecule has 0 fully saturated rings. The third-order valence-corrected chi connectivity index (χ3v) is 11.1. The molecule has 0 spiro atoms. The lowest BCUT2D eigenvalue weighted by molar-refractivity contribution is 0.633. The number of hydrogen-bond acceptors (Lipinski definition) is 3. The summed E-state index contributed by atoms with van der Waals surface area (Å²) in [5, 5.41) is 12.3. The standard InChI is InChI=1S/C50H28O3/c1-2-12-30(13-3-1)45-48-43(27-26-42-47(48)38-19-9-11-21-41(38)51-42)53-50(45)46-35-17-6-4-15-33(35)44(34-16-5-7-18-36(34)46)31-23-22-29-24-25-37-32-14-8-10-20-40(32)52-49(37)39(29)28-31/h1-28H. The van der Waals surface area contributed by atoms with Crippen LogP contribution in [0.3, 0.4) is 0 Å². The summed E-state index contributed by atoms with van der Waals surface area (Å²) in [7, 11) is 0. The maximum absolute atomic E-state index is 7.11. The summed E-state index contributed by atoms with van der Waals surface area (Å²) in [6, 6.07) is 60.0. The lowest BCUT2D eigenvalue weighted by Crippen LogP contribution is -1.91. The van der Waals surface area contributed by atoms with Crippen molar-refractivity contribution < 1.29 is 13.3 Å². The second-order valence-corrected chi connectivity index (χ2v) is 13.9. The van der Waals surface area contributed by atoms with E-state index in [4.69, 9.17) is 13.3 Å². The summed E-state index contributed by atoms with van der Waals surface area (Å²) in [6.07, 6.45) is 0. The van der Waals surface area contributed by atoms with Crippen LogP contribution in [-0.2, 0) is 0 Å². The Hall–Kier alpha value is -7.10. The molecule has 12 aromatic rings. The fourth-order valence-electron chi connectivity index (χ4n) is 8.80. The van der Waals surface area contributed by atoms with Gasteiger partial charge in [-0.05, 0) is 80.0 Å². The lowest BCUT2D eigenvalue weighted by atomic mass is 9.85. The van der Waals surface area contributed by atoms with Crippen molar-refractivity contribution in [3.63, 3.8) is 0 Å². The minimum Gasteiger partial charge on any atom is -0.456 e. The van der Waals surface area contributed by atoms with Gasteiger partial charge >= 0.3 is 0 Å². The van der Waals surface area contributed by atoms with Gasteiger partial charge in [0.15, 0.2) is 0 Å². The Morgan fingerprint density at radius 1 is 0.283 bits per heavy atom. The zero-order valence-corrected chi connectivity index (χ0v) is 28.4. The van der Waals surface area contributed by atoms with E-state index >= 15 is 0 Å². The van der Waals surface area contributed by atoms with E-state index in [0.29, 0.717) is 0 Å². The molecule has 0 atom stereocenters. The Bertz CT molecular complexity index is 3390. The van der Waals surface area contributed by atoms with Crippen molar-refractivity contribution in [2.75, 3.05) is 0 Å². The molecule has 3 nitrogen and oxygen atoms in total. The number of rotatable bonds is 3. The molecule has 0 N–H and O–H groups in total. The Kier molecular flexibility index (Phi) is 5.77. The molecular formula is C50H28O3. The van der Waals surface area contributed by atoms with Crippen molar-refractivity contribution in [1.29, 1.82) is 0 Å². The van der Waals surface area contributed by atoms with Crippen LogP contribution in [0.25, 0.3) is 121 Å². The molecule has 0 bridgehead atoms. The molecule has 0 amide bonds. The molecule has 0 aliphatic heterocycles. The molecule has 246 valence electrons. The van der Waals surface area contributed by atoms with Crippen molar-refractivity contribution in [3.8, 4) is 33.6 Å². The van der Waals surface area contributed by atoms with Gasteiger partial charge in [-0.15, -0.1) is 0 Å². The van der Waals surface area contributed by atoms with E-state index in [0.717, 1.165) is 115 Å². The normalized spacial score (nSPS) is 12.2. The number of benzene rings is 9. The molecule has 0 saturated heterocycles. The van der Waals surface area contributed by atoms with E-state index in [2.05, 4.69) is 140 Å². The molecule has 3 heteroatoms. The molecule has 12 rings (SSSR count). The second kappa shape index (κ2) is 10.7. The Morgan fingerprint density at radius 2 is 0.849 bits per heavy atom. The van der Waals surface area contributed by atoms with E-state index in [9.17, 15) is 0 Å². The van der Waals surface area contributed by atoms with Crippen LogP contribution in [-0.4, -0.2) is 0 Å². The smallest absolute Gasteiger partial charge is 0.144 e. The van der Waals surface area contributed by atoms with Gasteiger partial charge < -0.3 is 13.3 Å². The fraction of sp³-hybridized carbons (Fsp3) is 0. The van der Waals surface area contributed by atoms with Crippen molar-refractivity contribution in [2.45, 2.75) is 0 Å². The number of hydrogen-bond donors (Lipinski definition) is 0. The minimum absolute atomic E-state index is 0.833. The van der Waals surface area contributed by atoms with Crippen LogP contribution >= 0.6 is 0 Å². The lowest BCUT2D eigenvalue weighted by Gasteiger charge is -2.17. The van der Waals surface area contributed by atoms with Gasteiger partial charge in [0.2, 0.25) is 0 Å². The second-order valence-electron chi connectivity index (χ2n) is 13.9. The summed E-state index contributed by atoms with van der Waals surface area (Å²) in [4.78, 5) is 0. The van der Waals surface area contributed by atoms with Crippen LogP contribution in [0.2, 0.25) is 0 Å². The van der Waals surface area contributed by atoms with E-state index in [1.54, 1.807) is 0 Å². The van der Waals surface area contributed by atoms with Gasteiger partial charge in [0.05, 0.1) is 0 Å². The zero-order chi connectivity index (χ0) is 34.6. The first kappa shape index (κ1) is 28.6. The van der Waals surface area contributed by atoms with E-state index in [1.807, 2.05) is 30.3 Å². The molecule has 9 aromatic carbocycles. The molecule has 0 unspecified atom stereocenters. The summed E-state index contributed by atoms with van der Waals surface area (Å²) in [5.74, 6) is 0.852. The van der Waals surface area contributed by atoms with Crippen molar-refractivity contribution >= 4 is 87.2 Å². The van der Waals surface area contributed by atoms with Gasteiger partial charge in [0, 0.05) is 43.4 Å². The Morgan fingerprint density at radius 3 is 1.57 bits per heavy atom. The van der Waals surface area contributed by atoms with E-state index in [-0.39, 0.29) is 0 Å². The largest absolute Gasteiger partial charge is 0.456 e. The van der Waals surface area contributed by atoms with Crippen LogP contribution in [0.5, 0.6) is 0 Å². The van der Waals surface area contributed by atoms with Crippen molar-refractivity contribution in [2.24, 2.45) is 0 Å². The van der Waals surface area contributed by atoms with Gasteiger partial charge in [0.1, 0.15) is 33.7 Å². The van der Waals surface area contributed by atoms with Gasteiger partial charge in [-0.25, -0.2) is 0 Å². The first-order valence-electron chi connectivity index (χ1n) is 18.0. The number of para-hydroxylation sites is 2. The molecule has 0 aliphatic carbocycles. The first-order chi connectivity index (χ1) is 26.3. The maximum Gasteiger partial charge on any atom is 0.144 e. The molecule has 3 heterocycles. The minimum atomic E-state index is 0.833.